The van der Waals surface area contributed by atoms with Gasteiger partial charge in [0.25, 0.3) is 0 Å². The third kappa shape index (κ3) is 3.02. The molecule has 2 aromatic rings. The monoisotopic (exact) mass is 273 g/mol. The summed E-state index contributed by atoms with van der Waals surface area (Å²) in [5.74, 6) is -1.24. The molecular weight excluding hydrogens is 262 g/mol. The van der Waals surface area contributed by atoms with Crippen LogP contribution in [-0.4, -0.2) is 32.5 Å². The van der Waals surface area contributed by atoms with Crippen molar-refractivity contribution in [2.75, 3.05) is 5.43 Å². The number of phenols is 2. The molecule has 102 valence electrons. The van der Waals surface area contributed by atoms with Crippen LogP contribution in [-0.2, 0) is 0 Å². The lowest BCUT2D eigenvalue weighted by Crippen LogP contribution is -2.04. The molecule has 0 saturated heterocycles. The number of benzene rings is 1. The fraction of sp³-hybridized carbons (Fsp3) is 0. The summed E-state index contributed by atoms with van der Waals surface area (Å²) in [5.41, 5.74) is 2.84. The van der Waals surface area contributed by atoms with Crippen LogP contribution < -0.4 is 5.43 Å². The number of pyridine rings is 1. The number of anilines is 1. The molecule has 0 saturated carbocycles. The number of phenolic OH excluding ortho intramolecular Hbond substituents is 2. The van der Waals surface area contributed by atoms with E-state index >= 15 is 0 Å². The van der Waals surface area contributed by atoms with Crippen LogP contribution in [0.15, 0.2) is 41.6 Å². The van der Waals surface area contributed by atoms with Gasteiger partial charge in [0, 0.05) is 17.8 Å². The second kappa shape index (κ2) is 5.70. The maximum atomic E-state index is 10.9. The molecule has 0 amide bonds. The first-order valence-corrected chi connectivity index (χ1v) is 5.57. The first-order chi connectivity index (χ1) is 9.58. The minimum Gasteiger partial charge on any atom is -0.508 e. The summed E-state index contributed by atoms with van der Waals surface area (Å²) in [4.78, 5) is 14.8. The summed E-state index contributed by atoms with van der Waals surface area (Å²) in [5, 5.41) is 31.4. The molecule has 0 bridgehead atoms. The minimum atomic E-state index is -1.12. The van der Waals surface area contributed by atoms with Crippen molar-refractivity contribution >= 4 is 18.0 Å². The summed E-state index contributed by atoms with van der Waals surface area (Å²) in [6.07, 6.45) is 2.72. The first-order valence-electron chi connectivity index (χ1n) is 5.57. The number of nitrogens with one attached hydrogen (secondary N) is 1. The Morgan fingerprint density at radius 2 is 2.10 bits per heavy atom. The Balaban J connectivity index is 2.16. The molecule has 0 atom stereocenters. The molecule has 0 radical (unpaired) electrons. The average Bonchev–Trinajstić information content (AvgIpc) is 2.41. The van der Waals surface area contributed by atoms with E-state index in [0.29, 0.717) is 5.56 Å². The molecule has 7 heteroatoms. The molecule has 0 fully saturated rings. The highest BCUT2D eigenvalue weighted by molar-refractivity contribution is 5.93. The third-order valence-electron chi connectivity index (χ3n) is 2.43. The van der Waals surface area contributed by atoms with Gasteiger partial charge in [-0.05, 0) is 24.3 Å². The van der Waals surface area contributed by atoms with Crippen molar-refractivity contribution in [3.63, 3.8) is 0 Å². The molecule has 0 spiro atoms. The van der Waals surface area contributed by atoms with Crippen LogP contribution in [0.2, 0.25) is 0 Å². The molecule has 1 aromatic heterocycles. The molecule has 1 heterocycles. The highest BCUT2D eigenvalue weighted by atomic mass is 16.4. The summed E-state index contributed by atoms with van der Waals surface area (Å²) >= 11 is 0. The van der Waals surface area contributed by atoms with Gasteiger partial charge < -0.3 is 15.3 Å². The number of hydrogen-bond acceptors (Lipinski definition) is 6. The number of nitrogens with zero attached hydrogens (tertiary/aromatic N) is 2. The number of aromatic hydroxyl groups is 2. The van der Waals surface area contributed by atoms with Gasteiger partial charge in [0.2, 0.25) is 0 Å². The molecule has 1 aromatic carbocycles. The number of carboxylic acid groups (broad SMARTS) is 1. The third-order valence-corrected chi connectivity index (χ3v) is 2.43. The summed E-state index contributed by atoms with van der Waals surface area (Å²) in [7, 11) is 0. The smallest absolute Gasteiger partial charge is 0.339 e. The van der Waals surface area contributed by atoms with Crippen LogP contribution in [0.3, 0.4) is 0 Å². The van der Waals surface area contributed by atoms with Crippen molar-refractivity contribution in [3.05, 3.63) is 47.7 Å². The average molecular weight is 273 g/mol. The Labute approximate surface area is 113 Å². The van der Waals surface area contributed by atoms with E-state index in [0.717, 1.165) is 0 Å². The van der Waals surface area contributed by atoms with Gasteiger partial charge in [-0.1, -0.05) is 0 Å². The van der Waals surface area contributed by atoms with Gasteiger partial charge in [-0.2, -0.15) is 5.10 Å². The Morgan fingerprint density at radius 1 is 1.30 bits per heavy atom. The van der Waals surface area contributed by atoms with Gasteiger partial charge in [-0.25, -0.2) is 9.78 Å². The van der Waals surface area contributed by atoms with Gasteiger partial charge in [0.15, 0.2) is 5.82 Å². The highest BCUT2D eigenvalue weighted by Crippen LogP contribution is 2.21. The second-order valence-electron chi connectivity index (χ2n) is 3.82. The lowest BCUT2D eigenvalue weighted by atomic mass is 10.2. The van der Waals surface area contributed by atoms with Crippen molar-refractivity contribution in [2.45, 2.75) is 0 Å². The summed E-state index contributed by atoms with van der Waals surface area (Å²) in [6, 6.07) is 6.93. The number of carbonyl (C=O) groups is 1. The molecule has 20 heavy (non-hydrogen) atoms. The van der Waals surface area contributed by atoms with E-state index in [2.05, 4.69) is 15.5 Å². The topological polar surface area (TPSA) is 115 Å². The molecule has 4 N–H and O–H groups in total. The molecule has 2 rings (SSSR count). The fourth-order valence-electron chi connectivity index (χ4n) is 1.47. The van der Waals surface area contributed by atoms with Crippen molar-refractivity contribution in [1.82, 2.24) is 4.98 Å². The van der Waals surface area contributed by atoms with Gasteiger partial charge >= 0.3 is 5.97 Å². The number of aromatic carboxylic acids is 1. The van der Waals surface area contributed by atoms with E-state index in [9.17, 15) is 9.90 Å². The van der Waals surface area contributed by atoms with Crippen LogP contribution in [0.25, 0.3) is 0 Å². The first kappa shape index (κ1) is 13.3. The van der Waals surface area contributed by atoms with Crippen LogP contribution in [0.5, 0.6) is 11.5 Å². The van der Waals surface area contributed by atoms with Gasteiger partial charge in [0.05, 0.1) is 6.21 Å². The molecule has 0 aliphatic carbocycles. The standard InChI is InChI=1S/C13H11N3O4/c17-9-4-3-8(11(18)6-9)7-15-16-12-10(13(19)20)2-1-5-14-12/h1-7,17-18H,(H,14,16)(H,19,20). The zero-order valence-corrected chi connectivity index (χ0v) is 10.2. The number of aromatic nitrogens is 1. The Bertz CT molecular complexity index is 670. The van der Waals surface area contributed by atoms with Crippen molar-refractivity contribution in [3.8, 4) is 11.5 Å². The van der Waals surface area contributed by atoms with E-state index in [-0.39, 0.29) is 22.9 Å². The van der Waals surface area contributed by atoms with E-state index in [1.165, 1.54) is 42.7 Å². The van der Waals surface area contributed by atoms with E-state index in [1.54, 1.807) is 0 Å². The van der Waals surface area contributed by atoms with E-state index < -0.39 is 5.97 Å². The number of hydrazone groups is 1. The zero-order valence-electron chi connectivity index (χ0n) is 10.2. The molecule has 7 nitrogen and oxygen atoms in total. The summed E-state index contributed by atoms with van der Waals surface area (Å²) in [6.45, 7) is 0. The van der Waals surface area contributed by atoms with E-state index in [1.807, 2.05) is 0 Å². The van der Waals surface area contributed by atoms with Crippen LogP contribution in [0, 0.1) is 0 Å². The maximum absolute atomic E-state index is 10.9. The molecule has 0 unspecified atom stereocenters. The van der Waals surface area contributed by atoms with Crippen LogP contribution >= 0.6 is 0 Å². The van der Waals surface area contributed by atoms with Crippen LogP contribution in [0.1, 0.15) is 15.9 Å². The fourth-order valence-corrected chi connectivity index (χ4v) is 1.47. The largest absolute Gasteiger partial charge is 0.508 e. The number of hydrogen-bond donors (Lipinski definition) is 4. The molecule has 0 aliphatic rings. The number of rotatable bonds is 4. The molecule has 0 aliphatic heterocycles. The van der Waals surface area contributed by atoms with E-state index in [4.69, 9.17) is 10.2 Å². The number of carboxylic acids is 1. The lowest BCUT2D eigenvalue weighted by molar-refractivity contribution is 0.0697. The minimum absolute atomic E-state index is 0.0143. The zero-order chi connectivity index (χ0) is 14.5. The van der Waals surface area contributed by atoms with Crippen LogP contribution in [0.4, 0.5) is 5.82 Å². The quantitative estimate of drug-likeness (QED) is 0.497. The Hall–Kier alpha value is -3.09. The van der Waals surface area contributed by atoms with Gasteiger partial charge in [-0.15, -0.1) is 0 Å². The van der Waals surface area contributed by atoms with Gasteiger partial charge in [0.1, 0.15) is 17.1 Å². The summed E-state index contributed by atoms with van der Waals surface area (Å²) < 4.78 is 0. The highest BCUT2D eigenvalue weighted by Gasteiger charge is 2.09. The second-order valence-corrected chi connectivity index (χ2v) is 3.82. The Kier molecular flexibility index (Phi) is 3.80. The Morgan fingerprint density at radius 3 is 2.80 bits per heavy atom. The van der Waals surface area contributed by atoms with Gasteiger partial charge in [-0.3, -0.25) is 5.43 Å². The van der Waals surface area contributed by atoms with Crippen molar-refractivity contribution in [1.29, 1.82) is 0 Å². The predicted octanol–water partition coefficient (Wildman–Crippen LogP) is 1.64. The lowest BCUT2D eigenvalue weighted by Gasteiger charge is -2.03. The normalized spacial score (nSPS) is 10.6. The predicted molar refractivity (Wildman–Crippen MR) is 72.2 cm³/mol. The molecular formula is C13H11N3O4. The maximum Gasteiger partial charge on any atom is 0.339 e. The van der Waals surface area contributed by atoms with Crippen molar-refractivity contribution in [2.24, 2.45) is 5.10 Å². The SMILES string of the molecule is O=C(O)c1cccnc1NN=Cc1ccc(O)cc1O. The van der Waals surface area contributed by atoms with Crippen molar-refractivity contribution < 1.29 is 20.1 Å².